The van der Waals surface area contributed by atoms with Crippen LogP contribution in [0.5, 0.6) is 23.1 Å². The van der Waals surface area contributed by atoms with Gasteiger partial charge in [0.1, 0.15) is 22.9 Å². The molecule has 0 atom stereocenters. The van der Waals surface area contributed by atoms with Crippen LogP contribution >= 0.6 is 0 Å². The summed E-state index contributed by atoms with van der Waals surface area (Å²) in [5.41, 5.74) is 1.13. The maximum Gasteiger partial charge on any atom is 0.329 e. The first-order chi connectivity index (χ1) is 15.2. The van der Waals surface area contributed by atoms with E-state index in [4.69, 9.17) is 24.1 Å². The second-order valence-corrected chi connectivity index (χ2v) is 8.16. The van der Waals surface area contributed by atoms with Crippen LogP contribution in [-0.4, -0.2) is 52.9 Å². The van der Waals surface area contributed by atoms with Crippen LogP contribution in [0, 0.1) is 0 Å². The molecule has 2 aromatic rings. The lowest BCUT2D eigenvalue weighted by Gasteiger charge is -2.12. The number of nitrogens with one attached hydrogen (secondary N) is 1. The molecule has 2 rings (SSSR count). The number of methoxy groups -OCH3 is 4. The van der Waals surface area contributed by atoms with Gasteiger partial charge in [0.25, 0.3) is 0 Å². The van der Waals surface area contributed by atoms with Crippen LogP contribution in [0.2, 0.25) is 0 Å². The number of anilines is 1. The molecule has 172 valence electrons. The quantitative estimate of drug-likeness (QED) is 0.478. The third-order valence-electron chi connectivity index (χ3n) is 4.13. The van der Waals surface area contributed by atoms with Crippen molar-refractivity contribution in [1.29, 1.82) is 0 Å². The Balaban J connectivity index is 2.31. The SMILES string of the molecule is COc1cc(OC)c(/C=C/S(=O)(=O)Cc2cnc(OC)c(NC=CC(=O)O)c2)c(OC)c1. The summed E-state index contributed by atoms with van der Waals surface area (Å²) in [6, 6.07) is 4.74. The second-order valence-electron chi connectivity index (χ2n) is 6.27. The Hall–Kier alpha value is -3.73. The summed E-state index contributed by atoms with van der Waals surface area (Å²) < 4.78 is 46.3. The van der Waals surface area contributed by atoms with Crippen molar-refractivity contribution in [2.24, 2.45) is 0 Å². The molecule has 1 aromatic carbocycles. The number of hydrogen-bond acceptors (Lipinski definition) is 9. The molecule has 1 aromatic heterocycles. The molecular weight excluding hydrogens is 440 g/mol. The minimum absolute atomic E-state index is 0.185. The van der Waals surface area contributed by atoms with E-state index in [1.54, 1.807) is 12.1 Å². The van der Waals surface area contributed by atoms with E-state index < -0.39 is 15.8 Å². The molecule has 11 heteroatoms. The smallest absolute Gasteiger partial charge is 0.329 e. The highest BCUT2D eigenvalue weighted by atomic mass is 32.2. The Bertz CT molecular complexity index is 1100. The van der Waals surface area contributed by atoms with Gasteiger partial charge in [0.05, 0.1) is 39.8 Å². The fourth-order valence-electron chi connectivity index (χ4n) is 2.69. The first-order valence-electron chi connectivity index (χ1n) is 9.12. The molecule has 0 saturated carbocycles. The molecule has 0 radical (unpaired) electrons. The number of pyridine rings is 1. The van der Waals surface area contributed by atoms with E-state index in [1.165, 1.54) is 53.0 Å². The zero-order valence-electron chi connectivity index (χ0n) is 18.0. The largest absolute Gasteiger partial charge is 0.496 e. The molecule has 0 saturated heterocycles. The van der Waals surface area contributed by atoms with Crippen LogP contribution in [0.4, 0.5) is 5.69 Å². The number of carboxylic acids is 1. The molecule has 0 spiro atoms. The Morgan fingerprint density at radius 2 is 1.72 bits per heavy atom. The van der Waals surface area contributed by atoms with Gasteiger partial charge in [-0.25, -0.2) is 18.2 Å². The zero-order chi connectivity index (χ0) is 23.7. The molecule has 2 N–H and O–H groups in total. The third kappa shape index (κ3) is 6.64. The van der Waals surface area contributed by atoms with Gasteiger partial charge in [-0.3, -0.25) is 0 Å². The summed E-state index contributed by atoms with van der Waals surface area (Å²) in [5.74, 6) is -0.0356. The van der Waals surface area contributed by atoms with Crippen molar-refractivity contribution in [2.75, 3.05) is 33.8 Å². The van der Waals surface area contributed by atoms with Gasteiger partial charge < -0.3 is 29.4 Å². The molecule has 0 bridgehead atoms. The van der Waals surface area contributed by atoms with E-state index in [-0.39, 0.29) is 11.6 Å². The van der Waals surface area contributed by atoms with E-state index in [9.17, 15) is 13.2 Å². The molecule has 1 heterocycles. The van der Waals surface area contributed by atoms with E-state index in [0.29, 0.717) is 34.1 Å². The molecule has 0 unspecified atom stereocenters. The topological polar surface area (TPSA) is 133 Å². The van der Waals surface area contributed by atoms with Crippen LogP contribution in [0.25, 0.3) is 6.08 Å². The van der Waals surface area contributed by atoms with E-state index in [2.05, 4.69) is 10.3 Å². The standard InChI is InChI=1S/C21H24N2O8S/c1-28-15-10-18(29-2)16(19(11-15)30-3)6-8-32(26,27)13-14-9-17(21(31-4)23-12-14)22-7-5-20(24)25/h5-12,22H,13H2,1-4H3,(H,24,25)/b7-5?,8-6+. The van der Waals surface area contributed by atoms with Gasteiger partial charge in [0.15, 0.2) is 9.84 Å². The number of sulfone groups is 1. The van der Waals surface area contributed by atoms with Crippen molar-refractivity contribution in [3.8, 4) is 23.1 Å². The normalized spacial score (nSPS) is 11.5. The maximum absolute atomic E-state index is 12.7. The summed E-state index contributed by atoms with van der Waals surface area (Å²) >= 11 is 0. The summed E-state index contributed by atoms with van der Waals surface area (Å²) in [6.45, 7) is 0. The molecule has 0 fully saturated rings. The predicted molar refractivity (Wildman–Crippen MR) is 119 cm³/mol. The van der Waals surface area contributed by atoms with Gasteiger partial charge in [-0.15, -0.1) is 0 Å². The highest BCUT2D eigenvalue weighted by Gasteiger charge is 2.15. The number of benzene rings is 1. The predicted octanol–water partition coefficient (Wildman–Crippen LogP) is 2.71. The van der Waals surface area contributed by atoms with Crippen molar-refractivity contribution in [2.45, 2.75) is 5.75 Å². The van der Waals surface area contributed by atoms with Gasteiger partial charge in [-0.2, -0.15) is 0 Å². The Kier molecular flexibility index (Phi) is 8.47. The Morgan fingerprint density at radius 3 is 2.25 bits per heavy atom. The van der Waals surface area contributed by atoms with Crippen LogP contribution in [0.3, 0.4) is 0 Å². The number of carboxylic acid groups (broad SMARTS) is 1. The monoisotopic (exact) mass is 464 g/mol. The number of hydrogen-bond donors (Lipinski definition) is 2. The van der Waals surface area contributed by atoms with Crippen LogP contribution in [0.15, 0.2) is 42.1 Å². The van der Waals surface area contributed by atoms with Gasteiger partial charge in [0.2, 0.25) is 5.88 Å². The van der Waals surface area contributed by atoms with Gasteiger partial charge in [-0.1, -0.05) is 0 Å². The average molecular weight is 464 g/mol. The molecule has 0 aliphatic rings. The van der Waals surface area contributed by atoms with Gasteiger partial charge in [0, 0.05) is 36.0 Å². The number of nitrogens with zero attached hydrogens (tertiary/aromatic N) is 1. The highest BCUT2D eigenvalue weighted by molar-refractivity contribution is 7.93. The zero-order valence-corrected chi connectivity index (χ0v) is 18.8. The molecule has 10 nitrogen and oxygen atoms in total. The average Bonchev–Trinajstić information content (AvgIpc) is 2.76. The minimum atomic E-state index is -3.71. The van der Waals surface area contributed by atoms with Gasteiger partial charge in [-0.05, 0) is 17.7 Å². The van der Waals surface area contributed by atoms with Crippen LogP contribution in [-0.2, 0) is 20.4 Å². The fourth-order valence-corrected chi connectivity index (χ4v) is 3.75. The van der Waals surface area contributed by atoms with Crippen molar-refractivity contribution >= 4 is 27.6 Å². The van der Waals surface area contributed by atoms with Crippen molar-refractivity contribution < 1.29 is 37.3 Å². The minimum Gasteiger partial charge on any atom is -0.496 e. The van der Waals surface area contributed by atoms with Crippen molar-refractivity contribution in [1.82, 2.24) is 4.98 Å². The number of carbonyl (C=O) groups is 1. The number of aromatic nitrogens is 1. The third-order valence-corrected chi connectivity index (χ3v) is 5.42. The van der Waals surface area contributed by atoms with E-state index in [1.807, 2.05) is 0 Å². The molecule has 0 amide bonds. The van der Waals surface area contributed by atoms with Crippen molar-refractivity contribution in [3.05, 3.63) is 53.2 Å². The number of ether oxygens (including phenoxy) is 4. The highest BCUT2D eigenvalue weighted by Crippen LogP contribution is 2.35. The lowest BCUT2D eigenvalue weighted by molar-refractivity contribution is -0.131. The molecule has 0 aliphatic heterocycles. The van der Waals surface area contributed by atoms with Gasteiger partial charge >= 0.3 is 5.97 Å². The first-order valence-corrected chi connectivity index (χ1v) is 10.8. The van der Waals surface area contributed by atoms with Crippen molar-refractivity contribution in [3.63, 3.8) is 0 Å². The lowest BCUT2D eigenvalue weighted by atomic mass is 10.1. The Labute approximate surface area is 186 Å². The summed E-state index contributed by atoms with van der Waals surface area (Å²) in [5, 5.41) is 12.5. The summed E-state index contributed by atoms with van der Waals surface area (Å²) in [4.78, 5) is 14.7. The molecule has 0 aliphatic carbocycles. The van der Waals surface area contributed by atoms with Crippen LogP contribution in [0.1, 0.15) is 11.1 Å². The summed E-state index contributed by atoms with van der Waals surface area (Å²) in [6.07, 6.45) is 4.83. The molecule has 32 heavy (non-hydrogen) atoms. The fraction of sp³-hybridized carbons (Fsp3) is 0.238. The van der Waals surface area contributed by atoms with E-state index in [0.717, 1.165) is 11.5 Å². The number of aliphatic carboxylic acids is 1. The second kappa shape index (κ2) is 11.0. The lowest BCUT2D eigenvalue weighted by Crippen LogP contribution is -2.03. The Morgan fingerprint density at radius 1 is 1.06 bits per heavy atom. The van der Waals surface area contributed by atoms with E-state index >= 15 is 0 Å². The summed E-state index contributed by atoms with van der Waals surface area (Å²) in [7, 11) is 2.09. The van der Waals surface area contributed by atoms with Crippen LogP contribution < -0.4 is 24.3 Å². The first kappa shape index (κ1) is 24.5. The maximum atomic E-state index is 12.7. The number of rotatable bonds is 11. The molecular formula is C21H24N2O8S.